The lowest BCUT2D eigenvalue weighted by molar-refractivity contribution is -0.121. The fraction of sp³-hybridized carbons (Fsp3) is 0.458. The number of methoxy groups -OCH3 is 1. The summed E-state index contributed by atoms with van der Waals surface area (Å²) in [6.07, 6.45) is 2.06. The Morgan fingerprint density at radius 1 is 1.28 bits per heavy atom. The van der Waals surface area contributed by atoms with E-state index in [4.69, 9.17) is 14.5 Å². The molecular formula is C24H30N4O4. The number of aromatic amines is 1. The highest BCUT2D eigenvalue weighted by molar-refractivity contribution is 5.79. The number of hydrogen-bond donors (Lipinski definition) is 2. The molecule has 1 aliphatic heterocycles. The van der Waals surface area contributed by atoms with Crippen molar-refractivity contribution >= 4 is 11.6 Å². The molecule has 170 valence electrons. The molecule has 1 fully saturated rings. The van der Waals surface area contributed by atoms with Gasteiger partial charge in [0.25, 0.3) is 5.56 Å². The lowest BCUT2D eigenvalue weighted by Gasteiger charge is -2.22. The van der Waals surface area contributed by atoms with E-state index in [2.05, 4.69) is 10.4 Å². The van der Waals surface area contributed by atoms with E-state index in [-0.39, 0.29) is 29.8 Å². The zero-order valence-electron chi connectivity index (χ0n) is 18.8. The minimum Gasteiger partial charge on any atom is -0.497 e. The first-order chi connectivity index (χ1) is 15.4. The van der Waals surface area contributed by atoms with Crippen molar-refractivity contribution < 1.29 is 14.3 Å². The first kappa shape index (κ1) is 22.1. The van der Waals surface area contributed by atoms with Crippen molar-refractivity contribution in [2.75, 3.05) is 20.3 Å². The standard InChI is InChI=1S/C24H30N4O4/c1-15(2)24(26-22(29)12-16-5-4-6-18(11-16)31-3)20-14-23(30)28-21(25-20)13-19(27-28)17-7-9-32-10-8-17/h4-6,11,13-15,17,24,27H,7-10,12H2,1-3H3,(H,26,29)/t24-/m1/s1. The van der Waals surface area contributed by atoms with Crippen LogP contribution in [-0.4, -0.2) is 40.8 Å². The maximum Gasteiger partial charge on any atom is 0.272 e. The molecule has 0 spiro atoms. The number of rotatable bonds is 7. The molecule has 0 unspecified atom stereocenters. The Morgan fingerprint density at radius 3 is 2.78 bits per heavy atom. The minimum absolute atomic E-state index is 0.0625. The summed E-state index contributed by atoms with van der Waals surface area (Å²) < 4.78 is 12.2. The average molecular weight is 439 g/mol. The van der Waals surface area contributed by atoms with Gasteiger partial charge in [-0.05, 0) is 36.5 Å². The summed E-state index contributed by atoms with van der Waals surface area (Å²) in [7, 11) is 1.60. The van der Waals surface area contributed by atoms with Crippen molar-refractivity contribution in [1.29, 1.82) is 0 Å². The predicted octanol–water partition coefficient (Wildman–Crippen LogP) is 2.98. The fourth-order valence-corrected chi connectivity index (χ4v) is 4.18. The van der Waals surface area contributed by atoms with Gasteiger partial charge >= 0.3 is 0 Å². The number of nitrogens with one attached hydrogen (secondary N) is 2. The van der Waals surface area contributed by atoms with Crippen LogP contribution in [0.5, 0.6) is 5.75 Å². The largest absolute Gasteiger partial charge is 0.497 e. The number of hydrogen-bond acceptors (Lipinski definition) is 5. The molecule has 0 saturated carbocycles. The molecule has 0 radical (unpaired) electrons. The summed E-state index contributed by atoms with van der Waals surface area (Å²) in [5.41, 5.74) is 2.82. The lowest BCUT2D eigenvalue weighted by Crippen LogP contribution is -2.34. The quantitative estimate of drug-likeness (QED) is 0.591. The highest BCUT2D eigenvalue weighted by Crippen LogP contribution is 2.27. The van der Waals surface area contributed by atoms with Crippen LogP contribution in [0.3, 0.4) is 0 Å². The van der Waals surface area contributed by atoms with Crippen molar-refractivity contribution in [1.82, 2.24) is 19.9 Å². The van der Waals surface area contributed by atoms with Gasteiger partial charge in [0.2, 0.25) is 5.91 Å². The SMILES string of the molecule is COc1cccc(CC(=O)N[C@@H](c2cc(=O)n3[nH]c(C4CCOCC4)cc3n2)C(C)C)c1. The molecule has 3 heterocycles. The Hall–Kier alpha value is -3.13. The van der Waals surface area contributed by atoms with Crippen LogP contribution in [-0.2, 0) is 16.0 Å². The molecule has 1 saturated heterocycles. The molecular weight excluding hydrogens is 408 g/mol. The van der Waals surface area contributed by atoms with Gasteiger partial charge in [-0.3, -0.25) is 14.7 Å². The summed E-state index contributed by atoms with van der Waals surface area (Å²) in [5.74, 6) is 0.976. The number of carbonyl (C=O) groups excluding carboxylic acids is 1. The van der Waals surface area contributed by atoms with Crippen molar-refractivity contribution in [3.63, 3.8) is 0 Å². The lowest BCUT2D eigenvalue weighted by atomic mass is 9.97. The summed E-state index contributed by atoms with van der Waals surface area (Å²) >= 11 is 0. The summed E-state index contributed by atoms with van der Waals surface area (Å²) in [6, 6.07) is 10.5. The molecule has 0 aliphatic carbocycles. The van der Waals surface area contributed by atoms with Crippen LogP contribution in [0.25, 0.3) is 5.65 Å². The van der Waals surface area contributed by atoms with Gasteiger partial charge in [0.15, 0.2) is 5.65 Å². The fourth-order valence-electron chi connectivity index (χ4n) is 4.18. The smallest absolute Gasteiger partial charge is 0.272 e. The molecule has 32 heavy (non-hydrogen) atoms. The van der Waals surface area contributed by atoms with E-state index >= 15 is 0 Å². The van der Waals surface area contributed by atoms with E-state index in [1.165, 1.54) is 10.6 Å². The molecule has 8 heteroatoms. The van der Waals surface area contributed by atoms with Gasteiger partial charge in [-0.25, -0.2) is 9.50 Å². The number of nitrogens with zero attached hydrogens (tertiary/aromatic N) is 2. The van der Waals surface area contributed by atoms with Crippen LogP contribution in [0, 0.1) is 5.92 Å². The van der Waals surface area contributed by atoms with Crippen molar-refractivity contribution in [3.05, 3.63) is 63.7 Å². The third-order valence-corrected chi connectivity index (χ3v) is 5.95. The Labute approximate surface area is 186 Å². The van der Waals surface area contributed by atoms with E-state index < -0.39 is 0 Å². The van der Waals surface area contributed by atoms with Crippen LogP contribution in [0.4, 0.5) is 0 Å². The second kappa shape index (κ2) is 9.56. The van der Waals surface area contributed by atoms with Gasteiger partial charge in [0.05, 0.1) is 25.3 Å². The Kier molecular flexibility index (Phi) is 6.60. The Morgan fingerprint density at radius 2 is 2.06 bits per heavy atom. The summed E-state index contributed by atoms with van der Waals surface area (Å²) in [6.45, 7) is 5.46. The monoisotopic (exact) mass is 438 g/mol. The van der Waals surface area contributed by atoms with Crippen LogP contribution in [0.2, 0.25) is 0 Å². The number of aromatic nitrogens is 3. The van der Waals surface area contributed by atoms with Crippen molar-refractivity contribution in [2.45, 2.75) is 45.1 Å². The van der Waals surface area contributed by atoms with Crippen LogP contribution >= 0.6 is 0 Å². The Balaban J connectivity index is 1.56. The zero-order valence-corrected chi connectivity index (χ0v) is 18.8. The number of ether oxygens (including phenoxy) is 2. The molecule has 2 N–H and O–H groups in total. The van der Waals surface area contributed by atoms with Gasteiger partial charge in [0.1, 0.15) is 5.75 Å². The maximum atomic E-state index is 12.8. The average Bonchev–Trinajstić information content (AvgIpc) is 3.23. The second-order valence-corrected chi connectivity index (χ2v) is 8.63. The number of amides is 1. The van der Waals surface area contributed by atoms with Gasteiger partial charge in [-0.15, -0.1) is 0 Å². The third kappa shape index (κ3) is 4.85. The van der Waals surface area contributed by atoms with Crippen LogP contribution in [0.1, 0.15) is 55.6 Å². The minimum atomic E-state index is -0.368. The summed E-state index contributed by atoms with van der Waals surface area (Å²) in [5, 5.41) is 6.26. The van der Waals surface area contributed by atoms with Gasteiger partial charge in [-0.1, -0.05) is 26.0 Å². The molecule has 3 aromatic rings. The normalized spacial score (nSPS) is 15.8. The molecule has 2 aromatic heterocycles. The van der Waals surface area contributed by atoms with Crippen molar-refractivity contribution in [3.8, 4) is 5.75 Å². The summed E-state index contributed by atoms with van der Waals surface area (Å²) in [4.78, 5) is 30.3. The van der Waals surface area contributed by atoms with E-state index in [0.29, 0.717) is 23.0 Å². The zero-order chi connectivity index (χ0) is 22.7. The van der Waals surface area contributed by atoms with Gasteiger partial charge in [0, 0.05) is 37.0 Å². The van der Waals surface area contributed by atoms with Crippen LogP contribution in [0.15, 0.2) is 41.2 Å². The third-order valence-electron chi connectivity index (χ3n) is 5.95. The Bertz CT molecular complexity index is 1140. The highest BCUT2D eigenvalue weighted by atomic mass is 16.5. The first-order valence-electron chi connectivity index (χ1n) is 11.1. The second-order valence-electron chi connectivity index (χ2n) is 8.63. The number of fused-ring (bicyclic) bond motifs is 1. The van der Waals surface area contributed by atoms with E-state index in [0.717, 1.165) is 37.3 Å². The van der Waals surface area contributed by atoms with Crippen LogP contribution < -0.4 is 15.6 Å². The van der Waals surface area contributed by atoms with Gasteiger partial charge < -0.3 is 14.8 Å². The molecule has 1 amide bonds. The predicted molar refractivity (Wildman–Crippen MR) is 121 cm³/mol. The maximum absolute atomic E-state index is 12.8. The number of H-pyrrole nitrogens is 1. The first-order valence-corrected chi connectivity index (χ1v) is 11.1. The molecule has 0 bridgehead atoms. The van der Waals surface area contributed by atoms with Gasteiger partial charge in [-0.2, -0.15) is 0 Å². The topological polar surface area (TPSA) is 97.7 Å². The number of benzene rings is 1. The molecule has 4 rings (SSSR count). The van der Waals surface area contributed by atoms with E-state index in [1.54, 1.807) is 7.11 Å². The highest BCUT2D eigenvalue weighted by Gasteiger charge is 2.23. The molecule has 1 aliphatic rings. The molecule has 8 nitrogen and oxygen atoms in total. The van der Waals surface area contributed by atoms with Crippen molar-refractivity contribution in [2.24, 2.45) is 5.92 Å². The number of carbonyl (C=O) groups is 1. The molecule has 1 aromatic carbocycles. The molecule has 1 atom stereocenters. The van der Waals surface area contributed by atoms with E-state index in [1.807, 2.05) is 44.2 Å². The van der Waals surface area contributed by atoms with E-state index in [9.17, 15) is 9.59 Å².